The number of ether oxygens (including phenoxy) is 1. The first-order valence-corrected chi connectivity index (χ1v) is 7.54. The van der Waals surface area contributed by atoms with Crippen LogP contribution in [0.4, 0.5) is 5.82 Å². The molecule has 2 rings (SSSR count). The molecule has 0 aliphatic carbocycles. The zero-order valence-electron chi connectivity index (χ0n) is 12.7. The number of methoxy groups -OCH3 is 1. The fourth-order valence-electron chi connectivity index (χ4n) is 2.14. The van der Waals surface area contributed by atoms with Crippen molar-refractivity contribution < 1.29 is 4.74 Å². The first-order valence-electron chi connectivity index (χ1n) is 6.78. The van der Waals surface area contributed by atoms with Gasteiger partial charge in [-0.2, -0.15) is 5.10 Å². The normalized spacial score (nSPS) is 11.3. The Balaban J connectivity index is 2.10. The molecule has 2 heterocycles. The van der Waals surface area contributed by atoms with Gasteiger partial charge in [-0.05, 0) is 26.0 Å². The maximum absolute atomic E-state index is 6.03. The molecule has 0 aromatic carbocycles. The third-order valence-electron chi connectivity index (χ3n) is 3.31. The third-order valence-corrected chi connectivity index (χ3v) is 3.81. The molecule has 0 fully saturated rings. The third kappa shape index (κ3) is 4.00. The highest BCUT2D eigenvalue weighted by Crippen LogP contribution is 2.22. The molecule has 0 spiro atoms. The first kappa shape index (κ1) is 16.8. The molecule has 2 aromatic heterocycles. The highest BCUT2D eigenvalue weighted by Gasteiger charge is 2.07. The largest absolute Gasteiger partial charge is 0.383 e. The summed E-state index contributed by atoms with van der Waals surface area (Å²) < 4.78 is 7.32. The number of halogens is 2. The lowest BCUT2D eigenvalue weighted by molar-refractivity contribution is 0.186. The zero-order valence-corrected chi connectivity index (χ0v) is 14.2. The molecule has 2 aromatic rings. The summed E-state index contributed by atoms with van der Waals surface area (Å²) in [4.78, 5) is 4.08. The molecular weight excluding hydrogens is 323 g/mol. The van der Waals surface area contributed by atoms with Gasteiger partial charge in [0, 0.05) is 36.8 Å². The molecule has 0 radical (unpaired) electrons. The van der Waals surface area contributed by atoms with Crippen LogP contribution in [0.25, 0.3) is 0 Å². The number of nitrogens with one attached hydrogen (secondary N) is 1. The van der Waals surface area contributed by atoms with E-state index in [9.17, 15) is 0 Å². The summed E-state index contributed by atoms with van der Waals surface area (Å²) >= 11 is 11.8. The Labute approximate surface area is 139 Å². The van der Waals surface area contributed by atoms with Crippen molar-refractivity contribution >= 4 is 35.2 Å². The summed E-state index contributed by atoms with van der Waals surface area (Å²) in [5.41, 5.74) is 6.15. The van der Waals surface area contributed by atoms with E-state index in [2.05, 4.69) is 40.0 Å². The van der Waals surface area contributed by atoms with Gasteiger partial charge in [0.15, 0.2) is 5.82 Å². The van der Waals surface area contributed by atoms with E-state index in [0.29, 0.717) is 22.5 Å². The average molecular weight is 341 g/mol. The first-order chi connectivity index (χ1) is 10.5. The van der Waals surface area contributed by atoms with E-state index in [1.54, 1.807) is 19.4 Å². The average Bonchev–Trinajstić information content (AvgIpc) is 2.74. The Morgan fingerprint density at radius 1 is 1.36 bits per heavy atom. The fraction of sp³-hybridized carbons (Fsp3) is 0.333. The monoisotopic (exact) mass is 340 g/mol. The number of anilines is 1. The van der Waals surface area contributed by atoms with Gasteiger partial charge in [-0.3, -0.25) is 5.43 Å². The Hall–Kier alpha value is -1.56. The smallest absolute Gasteiger partial charge is 0.165 e. The van der Waals surface area contributed by atoms with Gasteiger partial charge in [0.1, 0.15) is 0 Å². The lowest BCUT2D eigenvalue weighted by Crippen LogP contribution is -2.07. The quantitative estimate of drug-likeness (QED) is 0.640. The number of hydrogen-bond acceptors (Lipinski definition) is 4. The minimum Gasteiger partial charge on any atom is -0.383 e. The Bertz CT molecular complexity index is 682. The Kier molecular flexibility index (Phi) is 5.83. The summed E-state index contributed by atoms with van der Waals surface area (Å²) in [6, 6.07) is 3.69. The van der Waals surface area contributed by atoms with Crippen molar-refractivity contribution in [1.82, 2.24) is 9.55 Å². The molecule has 0 aliphatic heterocycles. The van der Waals surface area contributed by atoms with Gasteiger partial charge < -0.3 is 9.30 Å². The summed E-state index contributed by atoms with van der Waals surface area (Å²) in [5.74, 6) is 0.468. The second kappa shape index (κ2) is 7.63. The summed E-state index contributed by atoms with van der Waals surface area (Å²) in [6.45, 7) is 5.61. The van der Waals surface area contributed by atoms with Crippen molar-refractivity contribution in [3.8, 4) is 0 Å². The predicted molar refractivity (Wildman–Crippen MR) is 91.3 cm³/mol. The number of pyridine rings is 1. The van der Waals surface area contributed by atoms with Gasteiger partial charge in [0.05, 0.1) is 22.9 Å². The van der Waals surface area contributed by atoms with Crippen LogP contribution in [-0.4, -0.2) is 29.5 Å². The Morgan fingerprint density at radius 2 is 2.14 bits per heavy atom. The molecule has 118 valence electrons. The second-order valence-electron chi connectivity index (χ2n) is 4.82. The highest BCUT2D eigenvalue weighted by molar-refractivity contribution is 6.35. The molecule has 0 unspecified atom stereocenters. The van der Waals surface area contributed by atoms with E-state index < -0.39 is 0 Å². The zero-order chi connectivity index (χ0) is 16.1. The van der Waals surface area contributed by atoms with Gasteiger partial charge >= 0.3 is 0 Å². The van der Waals surface area contributed by atoms with Crippen molar-refractivity contribution in [2.24, 2.45) is 5.10 Å². The number of nitrogens with zero attached hydrogens (tertiary/aromatic N) is 3. The van der Waals surface area contributed by atoms with Crippen LogP contribution in [0, 0.1) is 13.8 Å². The molecular formula is C15H18Cl2N4O. The molecule has 0 bridgehead atoms. The van der Waals surface area contributed by atoms with Gasteiger partial charge in [-0.25, -0.2) is 4.98 Å². The van der Waals surface area contributed by atoms with Crippen LogP contribution < -0.4 is 5.43 Å². The summed E-state index contributed by atoms with van der Waals surface area (Å²) in [6.07, 6.45) is 3.26. The second-order valence-corrected chi connectivity index (χ2v) is 5.67. The van der Waals surface area contributed by atoms with Crippen LogP contribution in [0.15, 0.2) is 23.4 Å². The summed E-state index contributed by atoms with van der Waals surface area (Å²) in [7, 11) is 1.70. The van der Waals surface area contributed by atoms with E-state index in [1.165, 1.54) is 11.9 Å². The minimum atomic E-state index is 0.426. The maximum atomic E-state index is 6.03. The summed E-state index contributed by atoms with van der Waals surface area (Å²) in [5, 5.41) is 5.10. The number of aryl methyl sites for hydroxylation is 1. The number of rotatable bonds is 6. The van der Waals surface area contributed by atoms with Gasteiger partial charge in [0.25, 0.3) is 0 Å². The molecule has 7 heteroatoms. The molecule has 5 nitrogen and oxygen atoms in total. The molecule has 0 amide bonds. The minimum absolute atomic E-state index is 0.426. The van der Waals surface area contributed by atoms with Crippen LogP contribution in [-0.2, 0) is 11.3 Å². The van der Waals surface area contributed by atoms with Crippen molar-refractivity contribution in [2.75, 3.05) is 19.1 Å². The lowest BCUT2D eigenvalue weighted by atomic mass is 10.3. The molecule has 22 heavy (non-hydrogen) atoms. The molecule has 0 atom stereocenters. The van der Waals surface area contributed by atoms with E-state index in [-0.39, 0.29) is 0 Å². The van der Waals surface area contributed by atoms with Crippen molar-refractivity contribution in [3.05, 3.63) is 45.3 Å². The Morgan fingerprint density at radius 3 is 2.82 bits per heavy atom. The molecule has 0 saturated heterocycles. The van der Waals surface area contributed by atoms with Crippen LogP contribution in [0.3, 0.4) is 0 Å². The number of hydrogen-bond donors (Lipinski definition) is 1. The predicted octanol–water partition coefficient (Wildman–Crippen LogP) is 3.90. The van der Waals surface area contributed by atoms with Gasteiger partial charge in [-0.1, -0.05) is 23.2 Å². The maximum Gasteiger partial charge on any atom is 0.165 e. The highest BCUT2D eigenvalue weighted by atomic mass is 35.5. The van der Waals surface area contributed by atoms with E-state index in [1.807, 2.05) is 0 Å². The lowest BCUT2D eigenvalue weighted by Gasteiger charge is -2.08. The van der Waals surface area contributed by atoms with E-state index in [0.717, 1.165) is 17.8 Å². The van der Waals surface area contributed by atoms with Crippen molar-refractivity contribution in [1.29, 1.82) is 0 Å². The van der Waals surface area contributed by atoms with E-state index >= 15 is 0 Å². The number of aromatic nitrogens is 2. The van der Waals surface area contributed by atoms with Crippen LogP contribution in [0.1, 0.15) is 17.0 Å². The number of hydrazone groups is 1. The van der Waals surface area contributed by atoms with Crippen LogP contribution in [0.5, 0.6) is 0 Å². The van der Waals surface area contributed by atoms with Gasteiger partial charge in [0.2, 0.25) is 0 Å². The standard InChI is InChI=1S/C15H18Cl2N4O/c1-10-6-12(11(2)21(10)4-5-22-3)8-19-20-15-14(17)7-13(16)9-18-15/h6-9H,4-5H2,1-3H3,(H,18,20)/b19-8+. The van der Waals surface area contributed by atoms with E-state index in [4.69, 9.17) is 27.9 Å². The molecule has 0 saturated carbocycles. The molecule has 1 N–H and O–H groups in total. The van der Waals surface area contributed by atoms with Crippen molar-refractivity contribution in [3.63, 3.8) is 0 Å². The van der Waals surface area contributed by atoms with Crippen LogP contribution >= 0.6 is 23.2 Å². The SMILES string of the molecule is COCCn1c(C)cc(/C=N/Nc2ncc(Cl)cc2Cl)c1C. The molecule has 0 aliphatic rings. The van der Waals surface area contributed by atoms with Crippen LogP contribution in [0.2, 0.25) is 10.0 Å². The topological polar surface area (TPSA) is 51.4 Å². The van der Waals surface area contributed by atoms with Gasteiger partial charge in [-0.15, -0.1) is 0 Å². The van der Waals surface area contributed by atoms with Crippen molar-refractivity contribution in [2.45, 2.75) is 20.4 Å². The fourth-order valence-corrected chi connectivity index (χ4v) is 2.57.